The van der Waals surface area contributed by atoms with Gasteiger partial charge in [-0.05, 0) is 60.5 Å². The average molecular weight is 349 g/mol. The predicted octanol–water partition coefficient (Wildman–Crippen LogP) is 3.54. The van der Waals surface area contributed by atoms with Crippen molar-refractivity contribution < 1.29 is 9.13 Å². The molecule has 0 heterocycles. The third-order valence-electron chi connectivity index (χ3n) is 2.92. The Labute approximate surface area is 131 Å². The van der Waals surface area contributed by atoms with E-state index in [9.17, 15) is 4.39 Å². The van der Waals surface area contributed by atoms with Crippen molar-refractivity contribution in [2.24, 2.45) is 5.73 Å². The molecular weight excluding hydrogens is 335 g/mol. The van der Waals surface area contributed by atoms with Gasteiger partial charge < -0.3 is 10.5 Å². The number of ether oxygens (including phenoxy) is 1. The Morgan fingerprint density at radius 2 is 2.05 bits per heavy atom. The Balaban J connectivity index is 2.11. The van der Waals surface area contributed by atoms with Gasteiger partial charge in [0.05, 0.1) is 11.6 Å². The summed E-state index contributed by atoms with van der Waals surface area (Å²) in [6.07, 6.45) is 0.746. The average Bonchev–Trinajstić information content (AvgIpc) is 2.47. The van der Waals surface area contributed by atoms with E-state index in [0.29, 0.717) is 17.9 Å². The lowest BCUT2D eigenvalue weighted by Gasteiger charge is -2.10. The Kier molecular flexibility index (Phi) is 5.32. The van der Waals surface area contributed by atoms with E-state index in [1.54, 1.807) is 6.07 Å². The van der Waals surface area contributed by atoms with E-state index in [-0.39, 0.29) is 12.2 Å². The zero-order valence-corrected chi connectivity index (χ0v) is 12.9. The first-order chi connectivity index (χ1) is 10.1. The molecule has 0 atom stereocenters. The fourth-order valence-electron chi connectivity index (χ4n) is 1.95. The number of nitrogens with two attached hydrogens (primary N) is 1. The van der Waals surface area contributed by atoms with Gasteiger partial charge in [0.25, 0.3) is 0 Å². The lowest BCUT2D eigenvalue weighted by atomic mass is 10.1. The summed E-state index contributed by atoms with van der Waals surface area (Å²) < 4.78 is 20.0. The molecular formula is C16H14BrFN2O. The molecule has 0 aromatic heterocycles. The van der Waals surface area contributed by atoms with E-state index in [1.807, 2.05) is 24.3 Å². The standard InChI is InChI=1S/C16H14BrFN2O/c17-16-2-1-15(8-13(16)3-4-19)21-10-12-5-11(9-20)6-14(18)7-12/h1-2,5-8H,3-4,10,19H2. The molecule has 0 bridgehead atoms. The van der Waals surface area contributed by atoms with Crippen molar-refractivity contribution in [2.45, 2.75) is 13.0 Å². The van der Waals surface area contributed by atoms with Crippen LogP contribution < -0.4 is 10.5 Å². The molecule has 0 radical (unpaired) electrons. The van der Waals surface area contributed by atoms with Crippen molar-refractivity contribution in [2.75, 3.05) is 6.54 Å². The van der Waals surface area contributed by atoms with Crippen LogP contribution in [0.4, 0.5) is 4.39 Å². The molecule has 2 rings (SSSR count). The molecule has 2 N–H and O–H groups in total. The third-order valence-corrected chi connectivity index (χ3v) is 3.70. The summed E-state index contributed by atoms with van der Waals surface area (Å²) >= 11 is 3.46. The fourth-order valence-corrected chi connectivity index (χ4v) is 2.40. The maximum Gasteiger partial charge on any atom is 0.124 e. The molecule has 0 fully saturated rings. The SMILES string of the molecule is N#Cc1cc(F)cc(COc2ccc(Br)c(CCN)c2)c1. The Morgan fingerprint density at radius 1 is 1.24 bits per heavy atom. The van der Waals surface area contributed by atoms with Gasteiger partial charge in [0.2, 0.25) is 0 Å². The zero-order valence-electron chi connectivity index (χ0n) is 11.3. The van der Waals surface area contributed by atoms with Crippen LogP contribution in [0.3, 0.4) is 0 Å². The van der Waals surface area contributed by atoms with Gasteiger partial charge in [0.1, 0.15) is 18.2 Å². The first-order valence-corrected chi connectivity index (χ1v) is 7.22. The molecule has 2 aromatic rings. The summed E-state index contributed by atoms with van der Waals surface area (Å²) in [5.41, 5.74) is 7.53. The second-order valence-electron chi connectivity index (χ2n) is 4.54. The Morgan fingerprint density at radius 3 is 2.76 bits per heavy atom. The van der Waals surface area contributed by atoms with E-state index >= 15 is 0 Å². The highest BCUT2D eigenvalue weighted by Crippen LogP contribution is 2.23. The number of halogens is 2. The van der Waals surface area contributed by atoms with Crippen molar-refractivity contribution >= 4 is 15.9 Å². The van der Waals surface area contributed by atoms with Crippen LogP contribution in [0.2, 0.25) is 0 Å². The summed E-state index contributed by atoms with van der Waals surface area (Å²) in [5.74, 6) is 0.247. The van der Waals surface area contributed by atoms with E-state index in [2.05, 4.69) is 15.9 Å². The highest BCUT2D eigenvalue weighted by Gasteiger charge is 2.04. The molecule has 3 nitrogen and oxygen atoms in total. The molecule has 0 amide bonds. The van der Waals surface area contributed by atoms with Crippen LogP contribution >= 0.6 is 15.9 Å². The van der Waals surface area contributed by atoms with Gasteiger partial charge in [0.15, 0.2) is 0 Å². The van der Waals surface area contributed by atoms with Gasteiger partial charge in [-0.1, -0.05) is 15.9 Å². The van der Waals surface area contributed by atoms with Gasteiger partial charge >= 0.3 is 0 Å². The third kappa shape index (κ3) is 4.28. The summed E-state index contributed by atoms with van der Waals surface area (Å²) in [6.45, 7) is 0.758. The molecule has 5 heteroatoms. The maximum atomic E-state index is 13.3. The molecule has 0 aliphatic carbocycles. The van der Waals surface area contributed by atoms with Crippen molar-refractivity contribution in [1.29, 1.82) is 5.26 Å². The van der Waals surface area contributed by atoms with Crippen molar-refractivity contribution in [1.82, 2.24) is 0 Å². The lowest BCUT2D eigenvalue weighted by molar-refractivity contribution is 0.305. The minimum atomic E-state index is -0.438. The molecule has 0 spiro atoms. The van der Waals surface area contributed by atoms with Crippen molar-refractivity contribution in [3.8, 4) is 11.8 Å². The maximum absolute atomic E-state index is 13.3. The smallest absolute Gasteiger partial charge is 0.124 e. The molecule has 0 saturated carbocycles. The minimum Gasteiger partial charge on any atom is -0.489 e. The van der Waals surface area contributed by atoms with Gasteiger partial charge in [0, 0.05) is 4.47 Å². The lowest BCUT2D eigenvalue weighted by Crippen LogP contribution is -2.04. The topological polar surface area (TPSA) is 59.0 Å². The van der Waals surface area contributed by atoms with Crippen LogP contribution in [0.1, 0.15) is 16.7 Å². The molecule has 0 aliphatic rings. The molecule has 108 valence electrons. The largest absolute Gasteiger partial charge is 0.489 e. The number of nitriles is 1. The van der Waals surface area contributed by atoms with Crippen LogP contribution in [0.15, 0.2) is 40.9 Å². The molecule has 0 saturated heterocycles. The van der Waals surface area contributed by atoms with Crippen molar-refractivity contribution in [3.05, 3.63) is 63.4 Å². The minimum absolute atomic E-state index is 0.205. The second-order valence-corrected chi connectivity index (χ2v) is 5.39. The first-order valence-electron chi connectivity index (χ1n) is 6.43. The predicted molar refractivity (Wildman–Crippen MR) is 82.3 cm³/mol. The summed E-state index contributed by atoms with van der Waals surface area (Å²) in [4.78, 5) is 0. The number of benzene rings is 2. The Hall–Kier alpha value is -1.90. The molecule has 21 heavy (non-hydrogen) atoms. The highest BCUT2D eigenvalue weighted by atomic mass is 79.9. The van der Waals surface area contributed by atoms with Crippen LogP contribution in [0, 0.1) is 17.1 Å². The highest BCUT2D eigenvalue weighted by molar-refractivity contribution is 9.10. The van der Waals surface area contributed by atoms with Crippen LogP contribution in [-0.4, -0.2) is 6.54 Å². The summed E-state index contributed by atoms with van der Waals surface area (Å²) in [7, 11) is 0. The van der Waals surface area contributed by atoms with Gasteiger partial charge in [-0.15, -0.1) is 0 Å². The monoisotopic (exact) mass is 348 g/mol. The van der Waals surface area contributed by atoms with Gasteiger partial charge in [-0.2, -0.15) is 5.26 Å². The Bertz CT molecular complexity index is 682. The zero-order chi connectivity index (χ0) is 15.2. The molecule has 2 aromatic carbocycles. The van der Waals surface area contributed by atoms with E-state index in [0.717, 1.165) is 16.5 Å². The normalized spacial score (nSPS) is 10.2. The van der Waals surface area contributed by atoms with Gasteiger partial charge in [-0.25, -0.2) is 4.39 Å². The van der Waals surface area contributed by atoms with E-state index < -0.39 is 5.82 Å². The van der Waals surface area contributed by atoms with Crippen molar-refractivity contribution in [3.63, 3.8) is 0 Å². The molecule has 0 unspecified atom stereocenters. The fraction of sp³-hybridized carbons (Fsp3) is 0.188. The van der Waals surface area contributed by atoms with Gasteiger partial charge in [-0.3, -0.25) is 0 Å². The van der Waals surface area contributed by atoms with Crippen LogP contribution in [-0.2, 0) is 13.0 Å². The number of nitrogens with zero attached hydrogens (tertiary/aromatic N) is 1. The summed E-state index contributed by atoms with van der Waals surface area (Å²) in [5, 5.41) is 8.82. The number of hydrogen-bond acceptors (Lipinski definition) is 3. The van der Waals surface area contributed by atoms with E-state index in [4.69, 9.17) is 15.7 Å². The van der Waals surface area contributed by atoms with E-state index in [1.165, 1.54) is 12.1 Å². The van der Waals surface area contributed by atoms with Crippen LogP contribution in [0.5, 0.6) is 5.75 Å². The molecule has 0 aliphatic heterocycles. The second kappa shape index (κ2) is 7.21. The number of hydrogen-bond donors (Lipinski definition) is 1. The number of rotatable bonds is 5. The van der Waals surface area contributed by atoms with Crippen LogP contribution in [0.25, 0.3) is 0 Å². The first kappa shape index (κ1) is 15.5. The summed E-state index contributed by atoms with van der Waals surface area (Å²) in [6, 6.07) is 11.7. The quantitative estimate of drug-likeness (QED) is 0.898.